The summed E-state index contributed by atoms with van der Waals surface area (Å²) in [5, 5.41) is 9.20. The van der Waals surface area contributed by atoms with Gasteiger partial charge in [0.05, 0.1) is 13.2 Å². The summed E-state index contributed by atoms with van der Waals surface area (Å²) in [4.78, 5) is 14.1. The average Bonchev–Trinajstić information content (AvgIpc) is 2.77. The van der Waals surface area contributed by atoms with Crippen molar-refractivity contribution in [3.05, 3.63) is 35.4 Å². The topological polar surface area (TPSA) is 40.5 Å². The third kappa shape index (κ3) is 2.93. The quantitative estimate of drug-likeness (QED) is 0.804. The van der Waals surface area contributed by atoms with Crippen molar-refractivity contribution >= 4 is 5.78 Å². The van der Waals surface area contributed by atoms with Crippen molar-refractivity contribution in [3.63, 3.8) is 0 Å². The second kappa shape index (κ2) is 5.43. The smallest absolute Gasteiger partial charge is 0.176 e. The minimum Gasteiger partial charge on any atom is -0.395 e. The maximum atomic E-state index is 12.1. The van der Waals surface area contributed by atoms with Crippen LogP contribution in [0.2, 0.25) is 0 Å². The van der Waals surface area contributed by atoms with Crippen LogP contribution in [0.3, 0.4) is 0 Å². The number of aliphatic hydroxyl groups excluding tert-OH is 1. The van der Waals surface area contributed by atoms with Crippen LogP contribution in [-0.4, -0.2) is 41.5 Å². The summed E-state index contributed by atoms with van der Waals surface area (Å²) in [7, 11) is 0. The van der Waals surface area contributed by atoms with Gasteiger partial charge >= 0.3 is 0 Å². The lowest BCUT2D eigenvalue weighted by Gasteiger charge is -2.21. The first kappa shape index (κ1) is 12.3. The third-order valence-electron chi connectivity index (χ3n) is 3.43. The molecule has 0 aromatic heterocycles. The van der Waals surface area contributed by atoms with Gasteiger partial charge in [0.15, 0.2) is 5.78 Å². The first-order chi connectivity index (χ1) is 8.20. The van der Waals surface area contributed by atoms with E-state index in [2.05, 4.69) is 4.90 Å². The van der Waals surface area contributed by atoms with E-state index in [0.29, 0.717) is 6.54 Å². The second-order valence-corrected chi connectivity index (χ2v) is 4.74. The first-order valence-electron chi connectivity index (χ1n) is 6.15. The number of aliphatic hydroxyl groups is 1. The minimum atomic E-state index is 0.144. The second-order valence-electron chi connectivity index (χ2n) is 4.74. The number of benzene rings is 1. The van der Waals surface area contributed by atoms with Gasteiger partial charge in [-0.05, 0) is 26.3 Å². The van der Waals surface area contributed by atoms with Crippen molar-refractivity contribution in [3.8, 4) is 0 Å². The molecule has 3 heteroatoms. The van der Waals surface area contributed by atoms with E-state index >= 15 is 0 Å². The number of likely N-dealkylation sites (tertiary alicyclic amines) is 1. The van der Waals surface area contributed by atoms with Gasteiger partial charge in [-0.3, -0.25) is 9.69 Å². The summed E-state index contributed by atoms with van der Waals surface area (Å²) in [6.07, 6.45) is 2.07. The molecule has 1 aromatic carbocycles. The number of hydrogen-bond donors (Lipinski definition) is 1. The molecule has 92 valence electrons. The van der Waals surface area contributed by atoms with Gasteiger partial charge in [-0.25, -0.2) is 0 Å². The molecule has 3 nitrogen and oxygen atoms in total. The number of nitrogens with zero attached hydrogens (tertiary/aromatic N) is 1. The number of ketones is 1. The molecule has 1 aliphatic heterocycles. The molecule has 1 heterocycles. The summed E-state index contributed by atoms with van der Waals surface area (Å²) in [5.41, 5.74) is 1.93. The zero-order valence-electron chi connectivity index (χ0n) is 10.2. The highest BCUT2D eigenvalue weighted by Gasteiger charge is 2.25. The van der Waals surface area contributed by atoms with E-state index in [1.807, 2.05) is 31.2 Å². The monoisotopic (exact) mass is 233 g/mol. The molecule has 0 saturated carbocycles. The summed E-state index contributed by atoms with van der Waals surface area (Å²) in [6.45, 7) is 3.51. The summed E-state index contributed by atoms with van der Waals surface area (Å²) < 4.78 is 0. The van der Waals surface area contributed by atoms with Crippen LogP contribution in [0.5, 0.6) is 0 Å². The molecule has 1 saturated heterocycles. The fraction of sp³-hybridized carbons (Fsp3) is 0.500. The van der Waals surface area contributed by atoms with Gasteiger partial charge in [0.25, 0.3) is 0 Å². The van der Waals surface area contributed by atoms with E-state index in [4.69, 9.17) is 0 Å². The van der Waals surface area contributed by atoms with Crippen LogP contribution in [-0.2, 0) is 0 Å². The number of carbonyl (C=O) groups is 1. The zero-order valence-corrected chi connectivity index (χ0v) is 10.2. The molecule has 17 heavy (non-hydrogen) atoms. The SMILES string of the molecule is Cc1ccc(C(=O)CN2CCCC2CO)cc1. The molecule has 0 amide bonds. The highest BCUT2D eigenvalue weighted by molar-refractivity contribution is 5.97. The van der Waals surface area contributed by atoms with Gasteiger partial charge in [-0.1, -0.05) is 29.8 Å². The average molecular weight is 233 g/mol. The Hall–Kier alpha value is -1.19. The Morgan fingerprint density at radius 3 is 2.76 bits per heavy atom. The molecule has 0 radical (unpaired) electrons. The molecule has 1 atom stereocenters. The van der Waals surface area contributed by atoms with E-state index in [1.54, 1.807) is 0 Å². The highest BCUT2D eigenvalue weighted by atomic mass is 16.3. The molecule has 1 N–H and O–H groups in total. The maximum Gasteiger partial charge on any atom is 0.176 e. The predicted molar refractivity (Wildman–Crippen MR) is 67.2 cm³/mol. The van der Waals surface area contributed by atoms with Crippen LogP contribution < -0.4 is 0 Å². The Balaban J connectivity index is 1.99. The minimum absolute atomic E-state index is 0.144. The zero-order chi connectivity index (χ0) is 12.3. The van der Waals surface area contributed by atoms with Crippen LogP contribution in [0.1, 0.15) is 28.8 Å². The Kier molecular flexibility index (Phi) is 3.92. The van der Waals surface area contributed by atoms with E-state index in [-0.39, 0.29) is 18.4 Å². The van der Waals surface area contributed by atoms with E-state index in [9.17, 15) is 9.90 Å². The van der Waals surface area contributed by atoms with Crippen molar-refractivity contribution < 1.29 is 9.90 Å². The van der Waals surface area contributed by atoms with Crippen LogP contribution >= 0.6 is 0 Å². The van der Waals surface area contributed by atoms with Crippen molar-refractivity contribution in [1.29, 1.82) is 0 Å². The molecular weight excluding hydrogens is 214 g/mol. The number of rotatable bonds is 4. The van der Waals surface area contributed by atoms with Crippen LogP contribution in [0.4, 0.5) is 0 Å². The fourth-order valence-electron chi connectivity index (χ4n) is 2.33. The largest absolute Gasteiger partial charge is 0.395 e. The number of carbonyl (C=O) groups excluding carboxylic acids is 1. The molecule has 1 fully saturated rings. The molecule has 1 aliphatic rings. The van der Waals surface area contributed by atoms with Gasteiger partial charge in [0.2, 0.25) is 0 Å². The molecule has 1 aromatic rings. The number of hydrogen-bond acceptors (Lipinski definition) is 3. The van der Waals surface area contributed by atoms with Crippen LogP contribution in [0, 0.1) is 6.92 Å². The first-order valence-corrected chi connectivity index (χ1v) is 6.15. The predicted octanol–water partition coefficient (Wildman–Crippen LogP) is 1.63. The van der Waals surface area contributed by atoms with Crippen LogP contribution in [0.15, 0.2) is 24.3 Å². The number of aryl methyl sites for hydroxylation is 1. The standard InChI is InChI=1S/C14H19NO2/c1-11-4-6-12(7-5-11)14(17)9-15-8-2-3-13(15)10-16/h4-7,13,16H,2-3,8-10H2,1H3. The lowest BCUT2D eigenvalue weighted by molar-refractivity contribution is 0.0888. The van der Waals surface area contributed by atoms with Crippen molar-refractivity contribution in [1.82, 2.24) is 4.90 Å². The normalized spacial score (nSPS) is 20.7. The summed E-state index contributed by atoms with van der Waals surface area (Å²) >= 11 is 0. The van der Waals surface area contributed by atoms with E-state index in [0.717, 1.165) is 30.5 Å². The molecule has 0 spiro atoms. The van der Waals surface area contributed by atoms with Crippen molar-refractivity contribution in [2.24, 2.45) is 0 Å². The Bertz CT molecular complexity index is 386. The molecule has 1 unspecified atom stereocenters. The van der Waals surface area contributed by atoms with Crippen molar-refractivity contribution in [2.45, 2.75) is 25.8 Å². The number of Topliss-reactive ketones (excluding diaryl/α,β-unsaturated/α-hetero) is 1. The lowest BCUT2D eigenvalue weighted by Crippen LogP contribution is -2.36. The maximum absolute atomic E-state index is 12.1. The highest BCUT2D eigenvalue weighted by Crippen LogP contribution is 2.17. The molecule has 0 bridgehead atoms. The van der Waals surface area contributed by atoms with E-state index < -0.39 is 0 Å². The molecule has 2 rings (SSSR count). The van der Waals surface area contributed by atoms with Gasteiger partial charge in [0.1, 0.15) is 0 Å². The van der Waals surface area contributed by atoms with Gasteiger partial charge in [0, 0.05) is 11.6 Å². The third-order valence-corrected chi connectivity index (χ3v) is 3.43. The Morgan fingerprint density at radius 2 is 2.12 bits per heavy atom. The molecular formula is C14H19NO2. The van der Waals surface area contributed by atoms with Crippen LogP contribution in [0.25, 0.3) is 0 Å². The molecule has 0 aliphatic carbocycles. The van der Waals surface area contributed by atoms with Gasteiger partial charge < -0.3 is 5.11 Å². The Labute approximate surface area is 102 Å². The summed E-state index contributed by atoms with van der Waals surface area (Å²) in [6, 6.07) is 7.84. The lowest BCUT2D eigenvalue weighted by atomic mass is 10.1. The van der Waals surface area contributed by atoms with Gasteiger partial charge in [-0.2, -0.15) is 0 Å². The fourth-order valence-corrected chi connectivity index (χ4v) is 2.33. The van der Waals surface area contributed by atoms with Gasteiger partial charge in [-0.15, -0.1) is 0 Å². The Morgan fingerprint density at radius 1 is 1.41 bits per heavy atom. The van der Waals surface area contributed by atoms with E-state index in [1.165, 1.54) is 0 Å². The summed E-state index contributed by atoms with van der Waals surface area (Å²) in [5.74, 6) is 0.144. The van der Waals surface area contributed by atoms with Crippen molar-refractivity contribution in [2.75, 3.05) is 19.7 Å².